The van der Waals surface area contributed by atoms with Crippen LogP contribution in [0.2, 0.25) is 0 Å². The minimum Gasteiger partial charge on any atom is -0.479 e. The van der Waals surface area contributed by atoms with Crippen LogP contribution in [0.5, 0.6) is 5.75 Å². The van der Waals surface area contributed by atoms with Crippen LogP contribution in [-0.4, -0.2) is 30.2 Å². The van der Waals surface area contributed by atoms with Crippen molar-refractivity contribution in [3.05, 3.63) is 64.1 Å². The Labute approximate surface area is 154 Å². The van der Waals surface area contributed by atoms with Gasteiger partial charge in [0, 0.05) is 15.6 Å². The van der Waals surface area contributed by atoms with E-state index < -0.39 is 12.1 Å². The Morgan fingerprint density at radius 3 is 2.08 bits per heavy atom. The van der Waals surface area contributed by atoms with E-state index in [4.69, 9.17) is 9.47 Å². The molecule has 0 aliphatic rings. The molecule has 0 fully saturated rings. The summed E-state index contributed by atoms with van der Waals surface area (Å²) in [7, 11) is 0. The van der Waals surface area contributed by atoms with E-state index in [1.54, 1.807) is 48.5 Å². The van der Waals surface area contributed by atoms with E-state index in [0.717, 1.165) is 4.47 Å². The number of halogens is 1. The molecule has 2 aromatic rings. The smallest absolute Gasteiger partial charge is 0.347 e. The summed E-state index contributed by atoms with van der Waals surface area (Å²) in [6, 6.07) is 13.2. The monoisotopic (exact) mass is 404 g/mol. The van der Waals surface area contributed by atoms with Gasteiger partial charge in [0.25, 0.3) is 0 Å². The second-order valence-electron chi connectivity index (χ2n) is 5.38. The lowest BCUT2D eigenvalue weighted by molar-refractivity contribution is -0.149. The number of ether oxygens (including phenoxy) is 2. The standard InChI is InChI=1S/C19H17BrO5/c1-12(21)14-5-9-17(10-6-14)25-13(2)19(23)24-11-18(22)15-3-7-16(20)8-4-15/h3-10,13H,11H2,1-2H3/t13-/m1/s1. The van der Waals surface area contributed by atoms with Crippen molar-refractivity contribution in [3.8, 4) is 5.75 Å². The van der Waals surface area contributed by atoms with E-state index >= 15 is 0 Å². The molecule has 0 unspecified atom stereocenters. The predicted octanol–water partition coefficient (Wildman–Crippen LogP) is 3.85. The molecule has 6 heteroatoms. The number of hydrogen-bond donors (Lipinski definition) is 0. The number of benzene rings is 2. The van der Waals surface area contributed by atoms with Gasteiger partial charge in [-0.05, 0) is 50.2 Å². The molecule has 0 radical (unpaired) electrons. The molecule has 2 aromatic carbocycles. The highest BCUT2D eigenvalue weighted by atomic mass is 79.9. The molecule has 0 aliphatic heterocycles. The molecule has 2 rings (SSSR count). The Bertz CT molecular complexity index is 765. The molecule has 130 valence electrons. The maximum absolute atomic E-state index is 12.0. The molecular formula is C19H17BrO5. The number of esters is 1. The molecule has 0 saturated heterocycles. The van der Waals surface area contributed by atoms with Gasteiger partial charge in [-0.2, -0.15) is 0 Å². The normalized spacial score (nSPS) is 11.5. The van der Waals surface area contributed by atoms with Gasteiger partial charge in [0.1, 0.15) is 5.75 Å². The number of Topliss-reactive ketones (excluding diaryl/α,β-unsaturated/α-hetero) is 2. The molecule has 0 saturated carbocycles. The summed E-state index contributed by atoms with van der Waals surface area (Å²) >= 11 is 3.29. The first-order valence-corrected chi connectivity index (χ1v) is 8.39. The molecule has 25 heavy (non-hydrogen) atoms. The Kier molecular flexibility index (Phi) is 6.47. The van der Waals surface area contributed by atoms with E-state index in [2.05, 4.69) is 15.9 Å². The lowest BCUT2D eigenvalue weighted by Crippen LogP contribution is -2.28. The lowest BCUT2D eigenvalue weighted by Gasteiger charge is -2.14. The van der Waals surface area contributed by atoms with E-state index in [-0.39, 0.29) is 18.2 Å². The van der Waals surface area contributed by atoms with E-state index in [0.29, 0.717) is 16.9 Å². The maximum Gasteiger partial charge on any atom is 0.347 e. The van der Waals surface area contributed by atoms with Gasteiger partial charge < -0.3 is 9.47 Å². The van der Waals surface area contributed by atoms with Crippen LogP contribution in [0.1, 0.15) is 34.6 Å². The first-order chi connectivity index (χ1) is 11.9. The van der Waals surface area contributed by atoms with Crippen LogP contribution in [-0.2, 0) is 9.53 Å². The zero-order valence-corrected chi connectivity index (χ0v) is 15.4. The highest BCUT2D eigenvalue weighted by molar-refractivity contribution is 9.10. The SMILES string of the molecule is CC(=O)c1ccc(O[C@H](C)C(=O)OCC(=O)c2ccc(Br)cc2)cc1. The van der Waals surface area contributed by atoms with Crippen LogP contribution in [0, 0.1) is 0 Å². The van der Waals surface area contributed by atoms with Gasteiger partial charge in [0.2, 0.25) is 0 Å². The number of carbonyl (C=O) groups is 3. The maximum atomic E-state index is 12.0. The Hall–Kier alpha value is -2.47. The summed E-state index contributed by atoms with van der Waals surface area (Å²) in [5.74, 6) is -0.542. The van der Waals surface area contributed by atoms with Gasteiger partial charge in [0.15, 0.2) is 24.3 Å². The number of ketones is 2. The molecule has 0 bridgehead atoms. The fraction of sp³-hybridized carbons (Fsp3) is 0.211. The van der Waals surface area contributed by atoms with Crippen molar-refractivity contribution >= 4 is 33.5 Å². The molecular weight excluding hydrogens is 388 g/mol. The Morgan fingerprint density at radius 2 is 1.52 bits per heavy atom. The largest absolute Gasteiger partial charge is 0.479 e. The van der Waals surface area contributed by atoms with Crippen LogP contribution in [0.15, 0.2) is 53.0 Å². The van der Waals surface area contributed by atoms with Crippen LogP contribution in [0.25, 0.3) is 0 Å². The van der Waals surface area contributed by atoms with Crippen molar-refractivity contribution in [2.45, 2.75) is 20.0 Å². The van der Waals surface area contributed by atoms with Crippen molar-refractivity contribution in [2.24, 2.45) is 0 Å². The van der Waals surface area contributed by atoms with E-state index in [9.17, 15) is 14.4 Å². The lowest BCUT2D eigenvalue weighted by atomic mass is 10.1. The van der Waals surface area contributed by atoms with Crippen LogP contribution in [0.4, 0.5) is 0 Å². The third-order valence-corrected chi connectivity index (χ3v) is 3.95. The van der Waals surface area contributed by atoms with E-state index in [1.807, 2.05) is 0 Å². The van der Waals surface area contributed by atoms with Crippen molar-refractivity contribution < 1.29 is 23.9 Å². The van der Waals surface area contributed by atoms with Gasteiger partial charge >= 0.3 is 5.97 Å². The van der Waals surface area contributed by atoms with Crippen LogP contribution in [0.3, 0.4) is 0 Å². The van der Waals surface area contributed by atoms with Gasteiger partial charge in [-0.3, -0.25) is 9.59 Å². The van der Waals surface area contributed by atoms with Crippen molar-refractivity contribution in [3.63, 3.8) is 0 Å². The van der Waals surface area contributed by atoms with Crippen LogP contribution < -0.4 is 4.74 Å². The highest BCUT2D eigenvalue weighted by Crippen LogP contribution is 2.15. The average molecular weight is 405 g/mol. The number of hydrogen-bond acceptors (Lipinski definition) is 5. The van der Waals surface area contributed by atoms with Gasteiger partial charge in [-0.1, -0.05) is 28.1 Å². The fourth-order valence-corrected chi connectivity index (χ4v) is 2.26. The summed E-state index contributed by atoms with van der Waals surface area (Å²) in [6.07, 6.45) is -0.874. The second kappa shape index (κ2) is 8.58. The van der Waals surface area contributed by atoms with Crippen molar-refractivity contribution in [2.75, 3.05) is 6.61 Å². The average Bonchev–Trinajstić information content (AvgIpc) is 2.60. The zero-order valence-electron chi connectivity index (χ0n) is 13.8. The molecule has 0 amide bonds. The minimum atomic E-state index is -0.874. The summed E-state index contributed by atoms with van der Waals surface area (Å²) in [5, 5.41) is 0. The summed E-state index contributed by atoms with van der Waals surface area (Å²) in [5.41, 5.74) is 1.02. The van der Waals surface area contributed by atoms with E-state index in [1.165, 1.54) is 13.8 Å². The molecule has 1 atom stereocenters. The summed E-state index contributed by atoms with van der Waals surface area (Å²) in [6.45, 7) is 2.65. The molecule has 0 spiro atoms. The van der Waals surface area contributed by atoms with Gasteiger partial charge in [0.05, 0.1) is 0 Å². The molecule has 0 heterocycles. The molecule has 0 aromatic heterocycles. The molecule has 5 nitrogen and oxygen atoms in total. The number of carbonyl (C=O) groups excluding carboxylic acids is 3. The molecule has 0 aliphatic carbocycles. The minimum absolute atomic E-state index is 0.0505. The van der Waals surface area contributed by atoms with Gasteiger partial charge in [-0.25, -0.2) is 4.79 Å². The summed E-state index contributed by atoms with van der Waals surface area (Å²) < 4.78 is 11.3. The predicted molar refractivity (Wildman–Crippen MR) is 96.0 cm³/mol. The first kappa shape index (κ1) is 18.9. The van der Waals surface area contributed by atoms with Crippen molar-refractivity contribution in [1.29, 1.82) is 0 Å². The third-order valence-electron chi connectivity index (χ3n) is 3.42. The second-order valence-corrected chi connectivity index (χ2v) is 6.29. The van der Waals surface area contributed by atoms with Crippen LogP contribution >= 0.6 is 15.9 Å². The fourth-order valence-electron chi connectivity index (χ4n) is 1.99. The van der Waals surface area contributed by atoms with Crippen molar-refractivity contribution in [1.82, 2.24) is 0 Å². The zero-order chi connectivity index (χ0) is 18.4. The Morgan fingerprint density at radius 1 is 0.960 bits per heavy atom. The quantitative estimate of drug-likeness (QED) is 0.517. The Balaban J connectivity index is 1.86. The summed E-state index contributed by atoms with van der Waals surface area (Å²) in [4.78, 5) is 35.2. The first-order valence-electron chi connectivity index (χ1n) is 7.60. The third kappa shape index (κ3) is 5.53. The highest BCUT2D eigenvalue weighted by Gasteiger charge is 2.18. The molecule has 0 N–H and O–H groups in total. The van der Waals surface area contributed by atoms with Gasteiger partial charge in [-0.15, -0.1) is 0 Å². The topological polar surface area (TPSA) is 69.7 Å². The number of rotatable bonds is 7.